The molecule has 0 radical (unpaired) electrons. The van der Waals surface area contributed by atoms with E-state index in [-0.39, 0.29) is 17.3 Å². The molecule has 0 unspecified atom stereocenters. The van der Waals surface area contributed by atoms with Gasteiger partial charge in [0.1, 0.15) is 17.5 Å². The predicted octanol–water partition coefficient (Wildman–Crippen LogP) is 0.797. The van der Waals surface area contributed by atoms with E-state index in [1.807, 2.05) is 6.07 Å². The van der Waals surface area contributed by atoms with E-state index in [0.717, 1.165) is 13.1 Å². The van der Waals surface area contributed by atoms with Gasteiger partial charge < -0.3 is 15.5 Å². The number of amides is 1. The molecule has 1 saturated heterocycles. The average Bonchev–Trinajstić information content (AvgIpc) is 2.57. The van der Waals surface area contributed by atoms with Crippen LogP contribution in [0.3, 0.4) is 0 Å². The summed E-state index contributed by atoms with van der Waals surface area (Å²) in [6.45, 7) is 3.15. The second-order valence-corrected chi connectivity index (χ2v) is 5.01. The van der Waals surface area contributed by atoms with Gasteiger partial charge in [-0.25, -0.2) is 4.39 Å². The summed E-state index contributed by atoms with van der Waals surface area (Å²) in [6.07, 6.45) is 1.91. The Bertz CT molecular complexity index is 588. The maximum Gasteiger partial charge on any atom is 0.266 e. The number of carbonyl (C=O) groups is 1. The number of nitriles is 1. The standard InChI is InChI=1S/C16H19FN4O/c17-15-4-2-1-3-13(15)5-6-20-12-14(11-18)16(22)21-9-7-19-8-10-21/h1-4,12,19-20H,5-10H2/b14-12-. The molecule has 0 saturated carbocycles. The number of halogens is 1. The van der Waals surface area contributed by atoms with Crippen molar-refractivity contribution in [3.63, 3.8) is 0 Å². The van der Waals surface area contributed by atoms with Crippen molar-refractivity contribution in [1.29, 1.82) is 5.26 Å². The molecule has 1 aliphatic rings. The molecule has 1 aliphatic heterocycles. The summed E-state index contributed by atoms with van der Waals surface area (Å²) < 4.78 is 13.5. The first kappa shape index (κ1) is 16.0. The van der Waals surface area contributed by atoms with Crippen LogP contribution in [0.15, 0.2) is 36.0 Å². The van der Waals surface area contributed by atoms with E-state index in [1.165, 1.54) is 12.3 Å². The highest BCUT2D eigenvalue weighted by molar-refractivity contribution is 5.97. The fraction of sp³-hybridized carbons (Fsp3) is 0.375. The number of nitrogens with one attached hydrogen (secondary N) is 2. The van der Waals surface area contributed by atoms with Gasteiger partial charge in [0, 0.05) is 38.9 Å². The van der Waals surface area contributed by atoms with E-state index >= 15 is 0 Å². The molecule has 1 heterocycles. The molecule has 2 N–H and O–H groups in total. The van der Waals surface area contributed by atoms with Crippen LogP contribution >= 0.6 is 0 Å². The Morgan fingerprint density at radius 1 is 1.41 bits per heavy atom. The lowest BCUT2D eigenvalue weighted by Crippen LogP contribution is -2.46. The highest BCUT2D eigenvalue weighted by Crippen LogP contribution is 2.06. The van der Waals surface area contributed by atoms with E-state index in [0.29, 0.717) is 31.6 Å². The Labute approximate surface area is 129 Å². The Hall–Kier alpha value is -2.39. The molecular formula is C16H19FN4O. The fourth-order valence-corrected chi connectivity index (χ4v) is 2.26. The number of carbonyl (C=O) groups excluding carboxylic acids is 1. The van der Waals surface area contributed by atoms with E-state index in [9.17, 15) is 9.18 Å². The zero-order valence-corrected chi connectivity index (χ0v) is 12.3. The first-order chi connectivity index (χ1) is 10.7. The molecule has 6 heteroatoms. The van der Waals surface area contributed by atoms with Crippen molar-refractivity contribution in [1.82, 2.24) is 15.5 Å². The third-order valence-electron chi connectivity index (χ3n) is 3.50. The minimum atomic E-state index is -0.262. The lowest BCUT2D eigenvalue weighted by atomic mass is 10.1. The van der Waals surface area contributed by atoms with Crippen molar-refractivity contribution in [3.8, 4) is 6.07 Å². The highest BCUT2D eigenvalue weighted by atomic mass is 19.1. The summed E-state index contributed by atoms with van der Waals surface area (Å²) in [7, 11) is 0. The number of benzene rings is 1. The van der Waals surface area contributed by atoms with Gasteiger partial charge in [0.2, 0.25) is 0 Å². The second-order valence-electron chi connectivity index (χ2n) is 5.01. The third kappa shape index (κ3) is 4.30. The smallest absolute Gasteiger partial charge is 0.266 e. The second kappa shape index (κ2) is 8.15. The fourth-order valence-electron chi connectivity index (χ4n) is 2.26. The summed E-state index contributed by atoms with van der Waals surface area (Å²) in [6, 6.07) is 8.48. The molecule has 116 valence electrons. The van der Waals surface area contributed by atoms with Crippen molar-refractivity contribution < 1.29 is 9.18 Å². The van der Waals surface area contributed by atoms with Crippen molar-refractivity contribution >= 4 is 5.91 Å². The monoisotopic (exact) mass is 302 g/mol. The molecular weight excluding hydrogens is 283 g/mol. The lowest BCUT2D eigenvalue weighted by Gasteiger charge is -2.27. The lowest BCUT2D eigenvalue weighted by molar-refractivity contribution is -0.127. The van der Waals surface area contributed by atoms with Crippen molar-refractivity contribution in [2.45, 2.75) is 6.42 Å². The Kier molecular flexibility index (Phi) is 5.92. The van der Waals surface area contributed by atoms with Gasteiger partial charge in [-0.15, -0.1) is 0 Å². The molecule has 5 nitrogen and oxygen atoms in total. The van der Waals surface area contributed by atoms with Crippen LogP contribution in [-0.2, 0) is 11.2 Å². The zero-order valence-electron chi connectivity index (χ0n) is 12.3. The average molecular weight is 302 g/mol. The van der Waals surface area contributed by atoms with Crippen LogP contribution in [0.2, 0.25) is 0 Å². The van der Waals surface area contributed by atoms with Crippen LogP contribution in [0, 0.1) is 17.1 Å². The molecule has 1 amide bonds. The molecule has 22 heavy (non-hydrogen) atoms. The minimum absolute atomic E-state index is 0.0791. The molecule has 0 aliphatic carbocycles. The number of hydrogen-bond donors (Lipinski definition) is 2. The molecule has 2 rings (SSSR count). The molecule has 0 aromatic heterocycles. The van der Waals surface area contributed by atoms with E-state index in [1.54, 1.807) is 23.1 Å². The van der Waals surface area contributed by atoms with Gasteiger partial charge in [-0.3, -0.25) is 4.79 Å². The predicted molar refractivity (Wildman–Crippen MR) is 81.3 cm³/mol. The first-order valence-corrected chi connectivity index (χ1v) is 7.29. The number of hydrogen-bond acceptors (Lipinski definition) is 4. The van der Waals surface area contributed by atoms with Crippen LogP contribution in [0.4, 0.5) is 4.39 Å². The molecule has 1 aromatic carbocycles. The van der Waals surface area contributed by atoms with Gasteiger partial charge in [0.15, 0.2) is 0 Å². The molecule has 1 aromatic rings. The minimum Gasteiger partial charge on any atom is -0.389 e. The normalized spacial score (nSPS) is 15.3. The summed E-state index contributed by atoms with van der Waals surface area (Å²) in [5.41, 5.74) is 0.686. The molecule has 1 fully saturated rings. The summed E-state index contributed by atoms with van der Waals surface area (Å²) >= 11 is 0. The number of nitrogens with zero attached hydrogens (tertiary/aromatic N) is 2. The van der Waals surface area contributed by atoms with Gasteiger partial charge in [-0.1, -0.05) is 18.2 Å². The van der Waals surface area contributed by atoms with Crippen molar-refractivity contribution in [2.24, 2.45) is 0 Å². The van der Waals surface area contributed by atoms with Gasteiger partial charge in [0.25, 0.3) is 5.91 Å². The topological polar surface area (TPSA) is 68.2 Å². The number of piperazine rings is 1. The molecule has 0 atom stereocenters. The summed E-state index contributed by atoms with van der Waals surface area (Å²) in [4.78, 5) is 13.8. The quantitative estimate of drug-likeness (QED) is 0.479. The molecule has 0 spiro atoms. The maximum absolute atomic E-state index is 13.5. The summed E-state index contributed by atoms with van der Waals surface area (Å²) in [5, 5.41) is 15.2. The van der Waals surface area contributed by atoms with Crippen LogP contribution in [0.5, 0.6) is 0 Å². The van der Waals surface area contributed by atoms with Crippen molar-refractivity contribution in [3.05, 3.63) is 47.4 Å². The highest BCUT2D eigenvalue weighted by Gasteiger charge is 2.19. The maximum atomic E-state index is 13.5. The Morgan fingerprint density at radius 2 is 2.14 bits per heavy atom. The van der Waals surface area contributed by atoms with Crippen LogP contribution in [0.25, 0.3) is 0 Å². The molecule has 0 bridgehead atoms. The largest absolute Gasteiger partial charge is 0.389 e. The van der Waals surface area contributed by atoms with Gasteiger partial charge in [-0.05, 0) is 18.1 Å². The van der Waals surface area contributed by atoms with E-state index < -0.39 is 0 Å². The number of rotatable bonds is 5. The van der Waals surface area contributed by atoms with Crippen LogP contribution in [0.1, 0.15) is 5.56 Å². The van der Waals surface area contributed by atoms with E-state index in [2.05, 4.69) is 10.6 Å². The SMILES string of the molecule is N#C/C(=C/NCCc1ccccc1F)C(=O)N1CCNCC1. The Morgan fingerprint density at radius 3 is 2.82 bits per heavy atom. The van der Waals surface area contributed by atoms with Gasteiger partial charge >= 0.3 is 0 Å². The van der Waals surface area contributed by atoms with Gasteiger partial charge in [-0.2, -0.15) is 5.26 Å². The van der Waals surface area contributed by atoms with Crippen molar-refractivity contribution in [2.75, 3.05) is 32.7 Å². The Balaban J connectivity index is 1.86. The van der Waals surface area contributed by atoms with Crippen LogP contribution in [-0.4, -0.2) is 43.5 Å². The summed E-state index contributed by atoms with van der Waals surface area (Å²) in [5.74, 6) is -0.506. The van der Waals surface area contributed by atoms with Crippen LogP contribution < -0.4 is 10.6 Å². The zero-order chi connectivity index (χ0) is 15.8. The van der Waals surface area contributed by atoms with E-state index in [4.69, 9.17) is 5.26 Å². The van der Waals surface area contributed by atoms with Gasteiger partial charge in [0.05, 0.1) is 0 Å². The third-order valence-corrected chi connectivity index (χ3v) is 3.50. The first-order valence-electron chi connectivity index (χ1n) is 7.29.